The predicted molar refractivity (Wildman–Crippen MR) is 71.4 cm³/mol. The summed E-state index contributed by atoms with van der Waals surface area (Å²) >= 11 is 0. The fraction of sp³-hybridized carbons (Fsp3) is 0.500. The lowest BCUT2D eigenvalue weighted by molar-refractivity contribution is 0.495. The zero-order valence-corrected chi connectivity index (χ0v) is 11.3. The van der Waals surface area contributed by atoms with E-state index in [2.05, 4.69) is 29.6 Å². The third kappa shape index (κ3) is 3.23. The normalized spacial score (nSPS) is 12.8. The van der Waals surface area contributed by atoms with Gasteiger partial charge in [-0.25, -0.2) is 0 Å². The third-order valence-electron chi connectivity index (χ3n) is 3.08. The zero-order chi connectivity index (χ0) is 13.0. The number of hydrogen-bond donors (Lipinski definition) is 1. The van der Waals surface area contributed by atoms with Crippen molar-refractivity contribution in [2.75, 3.05) is 6.54 Å². The second-order valence-corrected chi connectivity index (χ2v) is 4.66. The second-order valence-electron chi connectivity index (χ2n) is 4.66. The zero-order valence-electron chi connectivity index (χ0n) is 11.3. The van der Waals surface area contributed by atoms with Crippen molar-refractivity contribution in [2.45, 2.75) is 32.7 Å². The Morgan fingerprint density at radius 1 is 1.50 bits per heavy atom. The highest BCUT2D eigenvalue weighted by Gasteiger charge is 2.13. The first-order valence-electron chi connectivity index (χ1n) is 6.45. The van der Waals surface area contributed by atoms with Crippen LogP contribution in [0.5, 0.6) is 0 Å². The average Bonchev–Trinajstić information content (AvgIpc) is 2.94. The minimum atomic E-state index is 0.354. The summed E-state index contributed by atoms with van der Waals surface area (Å²) in [5, 5.41) is 7.70. The highest BCUT2D eigenvalue weighted by molar-refractivity contribution is 5.17. The summed E-state index contributed by atoms with van der Waals surface area (Å²) in [6.07, 6.45) is 7.94. The monoisotopic (exact) mass is 247 g/mol. The lowest BCUT2D eigenvalue weighted by Crippen LogP contribution is -2.21. The van der Waals surface area contributed by atoms with Crippen molar-refractivity contribution in [3.05, 3.63) is 41.6 Å². The first kappa shape index (κ1) is 12.9. The van der Waals surface area contributed by atoms with Crippen LogP contribution in [-0.4, -0.2) is 16.3 Å². The summed E-state index contributed by atoms with van der Waals surface area (Å²) in [6.45, 7) is 5.07. The third-order valence-corrected chi connectivity index (χ3v) is 3.08. The largest absolute Gasteiger partial charge is 0.469 e. The van der Waals surface area contributed by atoms with E-state index in [0.29, 0.717) is 6.04 Å². The van der Waals surface area contributed by atoms with Crippen molar-refractivity contribution >= 4 is 0 Å². The minimum absolute atomic E-state index is 0.354. The molecule has 0 fully saturated rings. The van der Waals surface area contributed by atoms with Gasteiger partial charge in [-0.1, -0.05) is 6.92 Å². The van der Waals surface area contributed by atoms with Crippen LogP contribution >= 0.6 is 0 Å². The molecular formula is C14H21N3O. The molecule has 0 spiro atoms. The molecule has 0 aliphatic heterocycles. The standard InChI is InChI=1S/C14H21N3O/c1-4-15-14(13-7-11(2)18-10-13)6-5-12-8-16-17(3)9-12/h7-10,14-15H,4-6H2,1-3H3. The summed E-state index contributed by atoms with van der Waals surface area (Å²) in [4.78, 5) is 0. The lowest BCUT2D eigenvalue weighted by atomic mass is 10.0. The van der Waals surface area contributed by atoms with Crippen molar-refractivity contribution in [3.8, 4) is 0 Å². The van der Waals surface area contributed by atoms with E-state index in [0.717, 1.165) is 25.1 Å². The number of aromatic nitrogens is 2. The van der Waals surface area contributed by atoms with E-state index in [1.165, 1.54) is 11.1 Å². The molecule has 1 unspecified atom stereocenters. The highest BCUT2D eigenvalue weighted by atomic mass is 16.3. The summed E-state index contributed by atoms with van der Waals surface area (Å²) in [5.41, 5.74) is 2.51. The Morgan fingerprint density at radius 2 is 2.33 bits per heavy atom. The Morgan fingerprint density at radius 3 is 2.89 bits per heavy atom. The van der Waals surface area contributed by atoms with E-state index in [9.17, 15) is 0 Å². The van der Waals surface area contributed by atoms with Gasteiger partial charge in [0.05, 0.1) is 12.5 Å². The lowest BCUT2D eigenvalue weighted by Gasteiger charge is -2.15. The number of rotatable bonds is 6. The molecule has 1 atom stereocenters. The van der Waals surface area contributed by atoms with Gasteiger partial charge in [0.1, 0.15) is 5.76 Å². The van der Waals surface area contributed by atoms with E-state index in [4.69, 9.17) is 4.42 Å². The van der Waals surface area contributed by atoms with Crippen LogP contribution in [0.3, 0.4) is 0 Å². The summed E-state index contributed by atoms with van der Waals surface area (Å²) in [6, 6.07) is 2.46. The van der Waals surface area contributed by atoms with Crippen LogP contribution in [0.2, 0.25) is 0 Å². The van der Waals surface area contributed by atoms with Gasteiger partial charge in [-0.15, -0.1) is 0 Å². The molecule has 0 aromatic carbocycles. The molecule has 0 aliphatic carbocycles. The van der Waals surface area contributed by atoms with E-state index >= 15 is 0 Å². The van der Waals surface area contributed by atoms with Crippen molar-refractivity contribution in [1.29, 1.82) is 0 Å². The van der Waals surface area contributed by atoms with Gasteiger partial charge in [0.2, 0.25) is 0 Å². The van der Waals surface area contributed by atoms with Gasteiger partial charge in [0, 0.05) is 24.8 Å². The minimum Gasteiger partial charge on any atom is -0.469 e. The van der Waals surface area contributed by atoms with Gasteiger partial charge in [-0.2, -0.15) is 5.10 Å². The van der Waals surface area contributed by atoms with Crippen LogP contribution in [0.15, 0.2) is 29.1 Å². The number of hydrogen-bond acceptors (Lipinski definition) is 3. The molecule has 0 amide bonds. The summed E-state index contributed by atoms with van der Waals surface area (Å²) < 4.78 is 7.24. The summed E-state index contributed by atoms with van der Waals surface area (Å²) in [5.74, 6) is 0.967. The number of furan rings is 1. The van der Waals surface area contributed by atoms with Crippen molar-refractivity contribution < 1.29 is 4.42 Å². The Bertz CT molecular complexity index is 487. The molecule has 2 heterocycles. The fourth-order valence-corrected chi connectivity index (χ4v) is 2.19. The van der Waals surface area contributed by atoms with Gasteiger partial charge in [-0.05, 0) is 37.9 Å². The van der Waals surface area contributed by atoms with Crippen LogP contribution in [0.1, 0.15) is 36.3 Å². The van der Waals surface area contributed by atoms with Gasteiger partial charge in [0.15, 0.2) is 0 Å². The Kier molecular flexibility index (Phi) is 4.20. The quantitative estimate of drug-likeness (QED) is 0.853. The maximum absolute atomic E-state index is 5.39. The Balaban J connectivity index is 1.98. The van der Waals surface area contributed by atoms with Crippen molar-refractivity contribution in [3.63, 3.8) is 0 Å². The Labute approximate surface area is 108 Å². The molecule has 0 saturated heterocycles. The average molecular weight is 247 g/mol. The first-order chi connectivity index (χ1) is 8.69. The van der Waals surface area contributed by atoms with E-state index in [-0.39, 0.29) is 0 Å². The molecule has 18 heavy (non-hydrogen) atoms. The van der Waals surface area contributed by atoms with Gasteiger partial charge >= 0.3 is 0 Å². The van der Waals surface area contributed by atoms with Crippen LogP contribution in [-0.2, 0) is 13.5 Å². The molecule has 0 saturated carbocycles. The Hall–Kier alpha value is -1.55. The molecule has 98 valence electrons. The van der Waals surface area contributed by atoms with Crippen molar-refractivity contribution in [1.82, 2.24) is 15.1 Å². The molecule has 4 nitrogen and oxygen atoms in total. The SMILES string of the molecule is CCNC(CCc1cnn(C)c1)c1coc(C)c1. The molecule has 4 heteroatoms. The smallest absolute Gasteiger partial charge is 0.101 e. The molecule has 0 bridgehead atoms. The molecule has 1 N–H and O–H groups in total. The maximum Gasteiger partial charge on any atom is 0.101 e. The van der Waals surface area contributed by atoms with E-state index < -0.39 is 0 Å². The van der Waals surface area contributed by atoms with Crippen LogP contribution in [0.4, 0.5) is 0 Å². The molecular weight excluding hydrogens is 226 g/mol. The van der Waals surface area contributed by atoms with Gasteiger partial charge in [0.25, 0.3) is 0 Å². The van der Waals surface area contributed by atoms with E-state index in [1.54, 1.807) is 0 Å². The van der Waals surface area contributed by atoms with Gasteiger partial charge in [-0.3, -0.25) is 4.68 Å². The highest BCUT2D eigenvalue weighted by Crippen LogP contribution is 2.21. The second kappa shape index (κ2) is 5.87. The van der Waals surface area contributed by atoms with Gasteiger partial charge < -0.3 is 9.73 Å². The number of aryl methyl sites for hydroxylation is 3. The fourth-order valence-electron chi connectivity index (χ4n) is 2.19. The molecule has 0 aliphatic rings. The van der Waals surface area contributed by atoms with Crippen LogP contribution in [0, 0.1) is 6.92 Å². The predicted octanol–water partition coefficient (Wildman–Crippen LogP) is 2.60. The van der Waals surface area contributed by atoms with Crippen LogP contribution < -0.4 is 5.32 Å². The number of nitrogens with one attached hydrogen (secondary N) is 1. The molecule has 0 radical (unpaired) electrons. The first-order valence-corrected chi connectivity index (χ1v) is 6.45. The summed E-state index contributed by atoms with van der Waals surface area (Å²) in [7, 11) is 1.95. The van der Waals surface area contributed by atoms with Crippen molar-refractivity contribution in [2.24, 2.45) is 7.05 Å². The topological polar surface area (TPSA) is 43.0 Å². The molecule has 2 aromatic heterocycles. The molecule has 2 aromatic rings. The number of nitrogens with zero attached hydrogens (tertiary/aromatic N) is 2. The molecule has 2 rings (SSSR count). The van der Waals surface area contributed by atoms with E-state index in [1.807, 2.05) is 31.1 Å². The van der Waals surface area contributed by atoms with Crippen LogP contribution in [0.25, 0.3) is 0 Å². The maximum atomic E-state index is 5.39.